The molecule has 4 amide bonds. The maximum absolute atomic E-state index is 12.4. The number of urea groups is 2. The third-order valence-corrected chi connectivity index (χ3v) is 4.77. The maximum atomic E-state index is 12.4. The summed E-state index contributed by atoms with van der Waals surface area (Å²) in [6, 6.07) is 4.07. The highest BCUT2D eigenvalue weighted by Gasteiger charge is 2.37. The van der Waals surface area contributed by atoms with E-state index in [0.29, 0.717) is 36.1 Å². The first-order chi connectivity index (χ1) is 11.9. The van der Waals surface area contributed by atoms with Crippen molar-refractivity contribution in [2.45, 2.75) is 38.1 Å². The monoisotopic (exact) mass is 386 g/mol. The Labute approximate surface area is 156 Å². The molecule has 1 atom stereocenters. The lowest BCUT2D eigenvalue weighted by atomic mass is 10.1. The Balaban J connectivity index is 1.63. The number of amides is 4. The molecule has 9 heteroatoms. The third kappa shape index (κ3) is 4.36. The van der Waals surface area contributed by atoms with Crippen molar-refractivity contribution < 1.29 is 14.3 Å². The molecule has 2 aliphatic heterocycles. The molecule has 7 nitrogen and oxygen atoms in total. The summed E-state index contributed by atoms with van der Waals surface area (Å²) in [4.78, 5) is 26.0. The summed E-state index contributed by atoms with van der Waals surface area (Å²) in [7, 11) is 0. The Bertz CT molecular complexity index is 629. The lowest BCUT2D eigenvalue weighted by molar-refractivity contribution is 0.0492. The summed E-state index contributed by atoms with van der Waals surface area (Å²) in [5, 5.41) is 9.72. The minimum Gasteiger partial charge on any atom is -0.381 e. The maximum Gasteiger partial charge on any atom is 0.328 e. The Kier molecular flexibility index (Phi) is 5.68. The number of hydrogen-bond donors (Lipinski definition) is 3. The predicted molar refractivity (Wildman–Crippen MR) is 94.5 cm³/mol. The summed E-state index contributed by atoms with van der Waals surface area (Å²) >= 11 is 12.0. The molecule has 3 N–H and O–H groups in total. The first kappa shape index (κ1) is 18.3. The lowest BCUT2D eigenvalue weighted by Crippen LogP contribution is -2.70. The highest BCUT2D eigenvalue weighted by atomic mass is 35.5. The van der Waals surface area contributed by atoms with Gasteiger partial charge in [-0.3, -0.25) is 5.32 Å². The zero-order valence-electron chi connectivity index (χ0n) is 13.7. The molecule has 0 bridgehead atoms. The van der Waals surface area contributed by atoms with E-state index < -0.39 is 18.4 Å². The summed E-state index contributed by atoms with van der Waals surface area (Å²) in [5.41, 5.74) is 0.854. The van der Waals surface area contributed by atoms with Crippen molar-refractivity contribution in [1.82, 2.24) is 20.9 Å². The fourth-order valence-corrected chi connectivity index (χ4v) is 3.59. The second kappa shape index (κ2) is 7.78. The molecule has 0 radical (unpaired) electrons. The fraction of sp³-hybridized carbons (Fsp3) is 0.500. The van der Waals surface area contributed by atoms with Crippen molar-refractivity contribution in [2.24, 2.45) is 0 Å². The van der Waals surface area contributed by atoms with Crippen LogP contribution in [0.4, 0.5) is 9.59 Å². The van der Waals surface area contributed by atoms with Gasteiger partial charge in [-0.1, -0.05) is 23.2 Å². The van der Waals surface area contributed by atoms with Gasteiger partial charge in [0.25, 0.3) is 0 Å². The van der Waals surface area contributed by atoms with Crippen LogP contribution in [0.1, 0.15) is 31.4 Å². The van der Waals surface area contributed by atoms with Gasteiger partial charge in [0.05, 0.1) is 0 Å². The molecule has 0 unspecified atom stereocenters. The van der Waals surface area contributed by atoms with Crippen molar-refractivity contribution in [3.8, 4) is 0 Å². The molecular weight excluding hydrogens is 367 g/mol. The van der Waals surface area contributed by atoms with E-state index in [1.807, 2.05) is 6.92 Å². The van der Waals surface area contributed by atoms with Gasteiger partial charge in [-0.05, 0) is 43.5 Å². The van der Waals surface area contributed by atoms with Crippen LogP contribution in [-0.2, 0) is 4.74 Å². The Morgan fingerprint density at radius 3 is 2.24 bits per heavy atom. The summed E-state index contributed by atoms with van der Waals surface area (Å²) in [6.45, 7) is 3.00. The first-order valence-corrected chi connectivity index (χ1v) is 8.89. The van der Waals surface area contributed by atoms with E-state index in [9.17, 15) is 9.59 Å². The van der Waals surface area contributed by atoms with E-state index in [1.165, 1.54) is 4.90 Å². The van der Waals surface area contributed by atoms with Gasteiger partial charge < -0.3 is 15.4 Å². The number of nitrogens with zero attached hydrogens (tertiary/aromatic N) is 1. The number of benzene rings is 1. The minimum absolute atomic E-state index is 0.140. The second-order valence-corrected chi connectivity index (χ2v) is 7.01. The Hall–Kier alpha value is -1.54. The van der Waals surface area contributed by atoms with E-state index in [0.717, 1.165) is 5.56 Å². The van der Waals surface area contributed by atoms with Crippen molar-refractivity contribution in [3.63, 3.8) is 0 Å². The van der Waals surface area contributed by atoms with Gasteiger partial charge in [0.1, 0.15) is 0 Å². The molecule has 2 aliphatic rings. The van der Waals surface area contributed by atoms with Gasteiger partial charge in [0.15, 0.2) is 6.29 Å². The van der Waals surface area contributed by atoms with Gasteiger partial charge in [-0.15, -0.1) is 0 Å². The molecule has 2 fully saturated rings. The van der Waals surface area contributed by atoms with Crippen LogP contribution in [0.3, 0.4) is 0 Å². The van der Waals surface area contributed by atoms with Crippen LogP contribution in [0.25, 0.3) is 0 Å². The lowest BCUT2D eigenvalue weighted by Gasteiger charge is -2.39. The quantitative estimate of drug-likeness (QED) is 0.742. The molecule has 25 heavy (non-hydrogen) atoms. The second-order valence-electron chi connectivity index (χ2n) is 6.14. The zero-order valence-corrected chi connectivity index (χ0v) is 15.2. The zero-order chi connectivity index (χ0) is 18.0. The number of imide groups is 1. The van der Waals surface area contributed by atoms with Crippen LogP contribution < -0.4 is 16.0 Å². The molecule has 0 saturated carbocycles. The molecule has 0 aliphatic carbocycles. The molecule has 0 spiro atoms. The van der Waals surface area contributed by atoms with Gasteiger partial charge in [-0.25, -0.2) is 14.5 Å². The number of ether oxygens (including phenoxy) is 1. The molecule has 2 heterocycles. The molecule has 1 aromatic carbocycles. The van der Waals surface area contributed by atoms with Crippen molar-refractivity contribution >= 4 is 35.3 Å². The largest absolute Gasteiger partial charge is 0.381 e. The highest BCUT2D eigenvalue weighted by molar-refractivity contribution is 6.34. The summed E-state index contributed by atoms with van der Waals surface area (Å²) < 4.78 is 5.28. The van der Waals surface area contributed by atoms with Gasteiger partial charge in [-0.2, -0.15) is 0 Å². The van der Waals surface area contributed by atoms with E-state index in [1.54, 1.807) is 18.2 Å². The summed E-state index contributed by atoms with van der Waals surface area (Å²) in [6.07, 6.45) is 0.621. The van der Waals surface area contributed by atoms with Crippen LogP contribution in [0, 0.1) is 0 Å². The SMILES string of the molecule is C[C@H](NC1NC(=O)N(C2CCOCC2)C(=O)N1)c1cc(Cl)cc(Cl)c1. The molecule has 2 saturated heterocycles. The number of carbonyl (C=O) groups is 2. The van der Waals surface area contributed by atoms with Crippen molar-refractivity contribution in [1.29, 1.82) is 0 Å². The van der Waals surface area contributed by atoms with E-state index >= 15 is 0 Å². The molecule has 0 aromatic heterocycles. The number of rotatable bonds is 4. The van der Waals surface area contributed by atoms with Crippen LogP contribution in [0.15, 0.2) is 18.2 Å². The van der Waals surface area contributed by atoms with Crippen LogP contribution in [0.5, 0.6) is 0 Å². The average Bonchev–Trinajstić information content (AvgIpc) is 2.54. The smallest absolute Gasteiger partial charge is 0.328 e. The number of nitrogens with one attached hydrogen (secondary N) is 3. The Morgan fingerprint density at radius 1 is 1.12 bits per heavy atom. The molecule has 3 rings (SSSR count). The summed E-state index contributed by atoms with van der Waals surface area (Å²) in [5.74, 6) is 0. The van der Waals surface area contributed by atoms with Crippen molar-refractivity contribution in [2.75, 3.05) is 13.2 Å². The minimum atomic E-state index is -0.677. The molecular formula is C16H20Cl2N4O3. The highest BCUT2D eigenvalue weighted by Crippen LogP contribution is 2.24. The first-order valence-electron chi connectivity index (χ1n) is 8.14. The average molecular weight is 387 g/mol. The van der Waals surface area contributed by atoms with Crippen LogP contribution in [-0.4, -0.2) is 42.5 Å². The van der Waals surface area contributed by atoms with E-state index in [2.05, 4.69) is 16.0 Å². The van der Waals surface area contributed by atoms with Gasteiger partial charge >= 0.3 is 12.1 Å². The van der Waals surface area contributed by atoms with Gasteiger partial charge in [0, 0.05) is 35.3 Å². The number of halogens is 2. The molecule has 1 aromatic rings. The van der Waals surface area contributed by atoms with E-state index in [4.69, 9.17) is 27.9 Å². The standard InChI is InChI=1S/C16H20Cl2N4O3/c1-9(10-6-11(17)8-12(18)7-10)19-14-20-15(23)22(16(24)21-14)13-2-4-25-5-3-13/h6-9,13-14,19H,2-5H2,1H3,(H,20,23)(H,21,24)/t9-/m0/s1. The van der Waals surface area contributed by atoms with Crippen LogP contribution >= 0.6 is 23.2 Å². The van der Waals surface area contributed by atoms with Crippen LogP contribution in [0.2, 0.25) is 10.0 Å². The predicted octanol–water partition coefficient (Wildman–Crippen LogP) is 2.84. The number of hydrogen-bond acceptors (Lipinski definition) is 4. The van der Waals surface area contributed by atoms with Crippen molar-refractivity contribution in [3.05, 3.63) is 33.8 Å². The Morgan fingerprint density at radius 2 is 1.68 bits per heavy atom. The third-order valence-electron chi connectivity index (χ3n) is 4.33. The normalized spacial score (nSPS) is 21.0. The number of carbonyl (C=O) groups excluding carboxylic acids is 2. The topological polar surface area (TPSA) is 82.7 Å². The van der Waals surface area contributed by atoms with E-state index in [-0.39, 0.29) is 12.1 Å². The fourth-order valence-electron chi connectivity index (χ4n) is 3.04. The molecule has 136 valence electrons. The van der Waals surface area contributed by atoms with Gasteiger partial charge in [0.2, 0.25) is 0 Å².